The maximum atomic E-state index is 12.9. The van der Waals surface area contributed by atoms with E-state index >= 15 is 0 Å². The zero-order valence-electron chi connectivity index (χ0n) is 18.3. The van der Waals surface area contributed by atoms with Crippen LogP contribution in [0.5, 0.6) is 5.75 Å². The molecule has 0 unspecified atom stereocenters. The Kier molecular flexibility index (Phi) is 5.84. The number of carbonyl (C=O) groups is 1. The van der Waals surface area contributed by atoms with E-state index < -0.39 is 15.8 Å². The summed E-state index contributed by atoms with van der Waals surface area (Å²) in [6, 6.07) is 12.3. The topological polar surface area (TPSA) is 79.0 Å². The van der Waals surface area contributed by atoms with E-state index in [-0.39, 0.29) is 11.9 Å². The quantitative estimate of drug-likeness (QED) is 0.788. The van der Waals surface area contributed by atoms with Gasteiger partial charge in [-0.15, -0.1) is 0 Å². The van der Waals surface area contributed by atoms with Crippen molar-refractivity contribution >= 4 is 21.8 Å². The Morgan fingerprint density at radius 2 is 1.73 bits per heavy atom. The Hall–Kier alpha value is -2.58. The summed E-state index contributed by atoms with van der Waals surface area (Å²) in [7, 11) is 0.845. The molecular weight excluding hydrogens is 402 g/mol. The molecule has 7 nitrogen and oxygen atoms in total. The van der Waals surface area contributed by atoms with Crippen molar-refractivity contribution < 1.29 is 17.9 Å². The number of benzene rings is 2. The van der Waals surface area contributed by atoms with Gasteiger partial charge in [0.25, 0.3) is 5.91 Å². The van der Waals surface area contributed by atoms with Gasteiger partial charge in [0, 0.05) is 38.7 Å². The van der Waals surface area contributed by atoms with Crippen molar-refractivity contribution in [2.75, 3.05) is 25.4 Å². The Bertz CT molecular complexity index is 1050. The third-order valence-electron chi connectivity index (χ3n) is 5.23. The van der Waals surface area contributed by atoms with Crippen LogP contribution in [0.4, 0.5) is 5.69 Å². The second-order valence-corrected chi connectivity index (χ2v) is 10.6. The maximum Gasteiger partial charge on any atom is 0.303 e. The van der Waals surface area contributed by atoms with Crippen LogP contribution in [-0.2, 0) is 10.2 Å². The number of nitrogens with zero attached hydrogens (tertiary/aromatic N) is 2. The number of aryl methyl sites for hydroxylation is 1. The standard InChI is InChI=1S/C22H29N3O4S/c1-15-7-12-20-18(13-15)19(14-22(2,3)29-20)23-21(26)16-8-10-17(11-9-16)25(6)30(27,28)24(4)5/h7-13,19H,14H2,1-6H3,(H,23,26)/t19-/m1/s1. The summed E-state index contributed by atoms with van der Waals surface area (Å²) in [6.45, 7) is 6.02. The molecule has 0 saturated heterocycles. The van der Waals surface area contributed by atoms with Gasteiger partial charge in [-0.25, -0.2) is 0 Å². The van der Waals surface area contributed by atoms with Crippen molar-refractivity contribution in [3.63, 3.8) is 0 Å². The molecule has 1 atom stereocenters. The minimum Gasteiger partial charge on any atom is -0.487 e. The van der Waals surface area contributed by atoms with Crippen LogP contribution in [0.25, 0.3) is 0 Å². The lowest BCUT2D eigenvalue weighted by molar-refractivity contribution is 0.0619. The SMILES string of the molecule is Cc1ccc2c(c1)[C@H](NC(=O)c1ccc(N(C)S(=O)(=O)N(C)C)cc1)CC(C)(C)O2. The summed E-state index contributed by atoms with van der Waals surface area (Å²) in [4.78, 5) is 12.9. The summed E-state index contributed by atoms with van der Waals surface area (Å²) in [5, 5.41) is 3.11. The highest BCUT2D eigenvalue weighted by atomic mass is 32.2. The molecule has 2 aromatic carbocycles. The molecule has 1 heterocycles. The minimum absolute atomic E-state index is 0.174. The lowest BCUT2D eigenvalue weighted by Crippen LogP contribution is -2.41. The van der Waals surface area contributed by atoms with Gasteiger partial charge in [-0.2, -0.15) is 12.7 Å². The number of fused-ring (bicyclic) bond motifs is 1. The van der Waals surface area contributed by atoms with Crippen molar-refractivity contribution in [2.45, 2.75) is 38.8 Å². The molecule has 0 spiro atoms. The number of rotatable bonds is 5. The first-order valence-electron chi connectivity index (χ1n) is 9.77. The van der Waals surface area contributed by atoms with Crippen LogP contribution in [0.1, 0.15) is 47.8 Å². The second-order valence-electron chi connectivity index (χ2n) is 8.44. The fourth-order valence-electron chi connectivity index (χ4n) is 3.55. The molecule has 0 aliphatic carbocycles. The maximum absolute atomic E-state index is 12.9. The predicted octanol–water partition coefficient (Wildman–Crippen LogP) is 3.27. The van der Waals surface area contributed by atoms with E-state index in [0.29, 0.717) is 17.7 Å². The van der Waals surface area contributed by atoms with Gasteiger partial charge in [-0.1, -0.05) is 17.7 Å². The molecule has 1 aliphatic heterocycles. The molecule has 2 aromatic rings. The third-order valence-corrected chi connectivity index (χ3v) is 7.05. The van der Waals surface area contributed by atoms with Gasteiger partial charge < -0.3 is 10.1 Å². The molecular formula is C22H29N3O4S. The molecule has 30 heavy (non-hydrogen) atoms. The van der Waals surface area contributed by atoms with E-state index in [0.717, 1.165) is 21.2 Å². The highest BCUT2D eigenvalue weighted by Gasteiger charge is 2.34. The van der Waals surface area contributed by atoms with E-state index in [1.54, 1.807) is 24.3 Å². The normalized spacial score (nSPS) is 17.8. The van der Waals surface area contributed by atoms with Crippen molar-refractivity contribution in [3.05, 3.63) is 59.2 Å². The molecule has 8 heteroatoms. The third kappa shape index (κ3) is 4.44. The summed E-state index contributed by atoms with van der Waals surface area (Å²) in [5.41, 5.74) is 2.62. The van der Waals surface area contributed by atoms with Crippen LogP contribution in [-0.4, -0.2) is 45.4 Å². The van der Waals surface area contributed by atoms with Crippen molar-refractivity contribution in [2.24, 2.45) is 0 Å². The number of hydrogen-bond donors (Lipinski definition) is 1. The Labute approximate surface area is 178 Å². The van der Waals surface area contributed by atoms with Gasteiger partial charge in [0.2, 0.25) is 0 Å². The van der Waals surface area contributed by atoms with E-state index in [1.807, 2.05) is 39.0 Å². The number of nitrogens with one attached hydrogen (secondary N) is 1. The van der Waals surface area contributed by atoms with Crippen LogP contribution >= 0.6 is 0 Å². The van der Waals surface area contributed by atoms with Gasteiger partial charge in [0.05, 0.1) is 11.7 Å². The summed E-state index contributed by atoms with van der Waals surface area (Å²) in [6.07, 6.45) is 0.650. The van der Waals surface area contributed by atoms with Crippen LogP contribution < -0.4 is 14.4 Å². The first-order valence-corrected chi connectivity index (χ1v) is 11.2. The van der Waals surface area contributed by atoms with Crippen LogP contribution in [0.15, 0.2) is 42.5 Å². The predicted molar refractivity (Wildman–Crippen MR) is 118 cm³/mol. The zero-order chi connectivity index (χ0) is 22.3. The van der Waals surface area contributed by atoms with Crippen LogP contribution in [0, 0.1) is 6.92 Å². The first kappa shape index (κ1) is 22.1. The summed E-state index contributed by atoms with van der Waals surface area (Å²) >= 11 is 0. The first-order chi connectivity index (χ1) is 13.9. The van der Waals surface area contributed by atoms with E-state index in [1.165, 1.54) is 25.4 Å². The molecule has 1 aliphatic rings. The smallest absolute Gasteiger partial charge is 0.303 e. The molecule has 0 fully saturated rings. The van der Waals surface area contributed by atoms with Gasteiger partial charge in [-0.3, -0.25) is 9.10 Å². The van der Waals surface area contributed by atoms with E-state index in [4.69, 9.17) is 4.74 Å². The molecule has 1 N–H and O–H groups in total. The number of amides is 1. The lowest BCUT2D eigenvalue weighted by Gasteiger charge is -2.38. The molecule has 0 aromatic heterocycles. The van der Waals surface area contributed by atoms with Crippen molar-refractivity contribution in [3.8, 4) is 5.75 Å². The molecule has 0 saturated carbocycles. The minimum atomic E-state index is -3.58. The molecule has 0 radical (unpaired) electrons. The van der Waals surface area contributed by atoms with Gasteiger partial charge in [-0.05, 0) is 51.1 Å². The van der Waals surface area contributed by atoms with Crippen molar-refractivity contribution in [1.82, 2.24) is 9.62 Å². The lowest BCUT2D eigenvalue weighted by atomic mass is 9.88. The average molecular weight is 432 g/mol. The van der Waals surface area contributed by atoms with Crippen LogP contribution in [0.2, 0.25) is 0 Å². The zero-order valence-corrected chi connectivity index (χ0v) is 19.1. The average Bonchev–Trinajstić information content (AvgIpc) is 2.67. The monoisotopic (exact) mass is 431 g/mol. The van der Waals surface area contributed by atoms with Crippen molar-refractivity contribution in [1.29, 1.82) is 0 Å². The summed E-state index contributed by atoms with van der Waals surface area (Å²) < 4.78 is 32.9. The largest absolute Gasteiger partial charge is 0.487 e. The molecule has 0 bridgehead atoms. The second kappa shape index (κ2) is 7.92. The fraction of sp³-hybridized carbons (Fsp3) is 0.409. The van der Waals surface area contributed by atoms with Crippen LogP contribution in [0.3, 0.4) is 0 Å². The Balaban J connectivity index is 1.81. The highest BCUT2D eigenvalue weighted by Crippen LogP contribution is 2.40. The van der Waals surface area contributed by atoms with Gasteiger partial charge in [0.15, 0.2) is 0 Å². The number of hydrogen-bond acceptors (Lipinski definition) is 4. The summed E-state index contributed by atoms with van der Waals surface area (Å²) in [5.74, 6) is 0.572. The number of ether oxygens (including phenoxy) is 1. The highest BCUT2D eigenvalue weighted by molar-refractivity contribution is 7.90. The molecule has 3 rings (SSSR count). The Morgan fingerprint density at radius 1 is 1.10 bits per heavy atom. The molecule has 162 valence electrons. The molecule has 1 amide bonds. The van der Waals surface area contributed by atoms with E-state index in [2.05, 4.69) is 5.32 Å². The van der Waals surface area contributed by atoms with Gasteiger partial charge >= 0.3 is 10.2 Å². The Morgan fingerprint density at radius 3 is 2.33 bits per heavy atom. The number of carbonyl (C=O) groups excluding carboxylic acids is 1. The fourth-order valence-corrected chi connectivity index (χ4v) is 4.42. The van der Waals surface area contributed by atoms with E-state index in [9.17, 15) is 13.2 Å². The number of anilines is 1. The van der Waals surface area contributed by atoms with Gasteiger partial charge in [0.1, 0.15) is 11.4 Å².